The maximum atomic E-state index is 13.3. The molecule has 298 valence electrons. The number of rotatable bonds is 9. The molecule has 0 saturated carbocycles. The Morgan fingerprint density at radius 1 is 0.930 bits per heavy atom. The summed E-state index contributed by atoms with van der Waals surface area (Å²) in [6, 6.07) is 9.88. The zero-order valence-electron chi connectivity index (χ0n) is 31.8. The molecule has 2 atom stereocenters. The quantitative estimate of drug-likeness (QED) is 0.268. The third-order valence-corrected chi connectivity index (χ3v) is 12.4. The standard InChI is InChI=1S/C40H46N10O7/c1-45-19-25(17-42-45)43-32-16-27(5-7-30(32)35(41)52)48-12-2-3-28(20-48)49-23-40(57-39(49)56)21-46(22-40)18-24-10-13-47(14-11-24)26-4-6-29-31(15-26)38(55)50(37(29)54)33-8-9-34(51)44-36(33)53/h4-7,15-17,19,24,28,33,43H,2-3,8-14,18,20-23H2,1H3,(H2,41,52)(H,44,51,53)/t28-,33+/m1/s1. The van der Waals surface area contributed by atoms with Crippen LogP contribution in [-0.4, -0.2) is 130 Å². The average Bonchev–Trinajstić information content (AvgIpc) is 3.84. The van der Waals surface area contributed by atoms with E-state index >= 15 is 0 Å². The molecule has 2 aromatic carbocycles. The van der Waals surface area contributed by atoms with Crippen LogP contribution in [0.4, 0.5) is 27.5 Å². The maximum Gasteiger partial charge on any atom is 0.410 e. The Morgan fingerprint density at radius 2 is 1.68 bits per heavy atom. The number of piperidine rings is 3. The monoisotopic (exact) mass is 778 g/mol. The van der Waals surface area contributed by atoms with Crippen LogP contribution in [0.3, 0.4) is 0 Å². The number of hydrogen-bond acceptors (Lipinski definition) is 12. The number of hydrogen-bond donors (Lipinski definition) is 3. The zero-order chi connectivity index (χ0) is 39.6. The van der Waals surface area contributed by atoms with E-state index < -0.39 is 41.2 Å². The molecule has 17 heteroatoms. The molecule has 0 unspecified atom stereocenters. The van der Waals surface area contributed by atoms with Gasteiger partial charge >= 0.3 is 6.09 Å². The van der Waals surface area contributed by atoms with Crippen molar-refractivity contribution in [2.24, 2.45) is 18.7 Å². The number of carbonyl (C=O) groups excluding carboxylic acids is 6. The number of ether oxygens (including phenoxy) is 1. The van der Waals surface area contributed by atoms with Crippen molar-refractivity contribution in [2.45, 2.75) is 56.2 Å². The Kier molecular flexibility index (Phi) is 9.13. The van der Waals surface area contributed by atoms with E-state index in [0.29, 0.717) is 48.9 Å². The Bertz CT molecular complexity index is 2170. The molecule has 6 amide bonds. The molecule has 9 rings (SSSR count). The van der Waals surface area contributed by atoms with E-state index in [1.165, 1.54) is 0 Å². The van der Waals surface area contributed by atoms with E-state index in [1.54, 1.807) is 29.1 Å². The number of benzene rings is 2. The fraction of sp³-hybridized carbons (Fsp3) is 0.475. The lowest BCUT2D eigenvalue weighted by Crippen LogP contribution is -2.65. The first-order valence-electron chi connectivity index (χ1n) is 19.7. The predicted molar refractivity (Wildman–Crippen MR) is 207 cm³/mol. The van der Waals surface area contributed by atoms with Crippen molar-refractivity contribution in [3.8, 4) is 0 Å². The van der Waals surface area contributed by atoms with Gasteiger partial charge in [0.15, 0.2) is 5.60 Å². The first-order chi connectivity index (χ1) is 27.4. The number of nitrogens with zero attached hydrogens (tertiary/aromatic N) is 7. The summed E-state index contributed by atoms with van der Waals surface area (Å²) in [6.07, 6.45) is 7.17. The molecular formula is C40H46N10O7. The molecule has 6 aliphatic heterocycles. The number of carbonyl (C=O) groups is 6. The maximum absolute atomic E-state index is 13.3. The fourth-order valence-electron chi connectivity index (χ4n) is 9.52. The summed E-state index contributed by atoms with van der Waals surface area (Å²) in [4.78, 5) is 85.9. The van der Waals surface area contributed by atoms with Gasteiger partial charge in [-0.15, -0.1) is 0 Å². The van der Waals surface area contributed by atoms with Crippen LogP contribution in [0, 0.1) is 5.92 Å². The molecule has 3 aromatic rings. The summed E-state index contributed by atoms with van der Waals surface area (Å²) in [5, 5.41) is 9.71. The number of anilines is 4. The Balaban J connectivity index is 0.768. The molecule has 5 saturated heterocycles. The smallest absolute Gasteiger partial charge is 0.410 e. The second-order valence-corrected chi connectivity index (χ2v) is 16.3. The lowest BCUT2D eigenvalue weighted by atomic mass is 9.89. The largest absolute Gasteiger partial charge is 0.438 e. The van der Waals surface area contributed by atoms with Gasteiger partial charge in [-0.3, -0.25) is 48.7 Å². The first-order valence-corrected chi connectivity index (χ1v) is 19.7. The zero-order valence-corrected chi connectivity index (χ0v) is 31.8. The minimum absolute atomic E-state index is 0.00249. The lowest BCUT2D eigenvalue weighted by molar-refractivity contribution is -0.136. The summed E-state index contributed by atoms with van der Waals surface area (Å²) < 4.78 is 7.76. The van der Waals surface area contributed by atoms with Gasteiger partial charge in [0.2, 0.25) is 11.8 Å². The molecular weight excluding hydrogens is 733 g/mol. The van der Waals surface area contributed by atoms with Gasteiger partial charge in [0.05, 0.1) is 46.8 Å². The number of aromatic nitrogens is 2. The second-order valence-electron chi connectivity index (χ2n) is 16.3. The van der Waals surface area contributed by atoms with Crippen molar-refractivity contribution < 1.29 is 33.5 Å². The van der Waals surface area contributed by atoms with Crippen molar-refractivity contribution in [1.29, 1.82) is 0 Å². The first kappa shape index (κ1) is 36.7. The summed E-state index contributed by atoms with van der Waals surface area (Å²) in [5.41, 5.74) is 9.31. The predicted octanol–water partition coefficient (Wildman–Crippen LogP) is 2.06. The van der Waals surface area contributed by atoms with Gasteiger partial charge < -0.3 is 25.6 Å². The number of nitrogens with two attached hydrogens (primary N) is 1. The van der Waals surface area contributed by atoms with Gasteiger partial charge in [0, 0.05) is 76.9 Å². The van der Waals surface area contributed by atoms with E-state index in [4.69, 9.17) is 10.5 Å². The summed E-state index contributed by atoms with van der Waals surface area (Å²) >= 11 is 0. The Labute approximate surface area is 329 Å². The van der Waals surface area contributed by atoms with Crippen LogP contribution in [0.1, 0.15) is 69.6 Å². The third kappa shape index (κ3) is 6.83. The molecule has 0 bridgehead atoms. The van der Waals surface area contributed by atoms with Crippen LogP contribution >= 0.6 is 0 Å². The minimum Gasteiger partial charge on any atom is -0.438 e. The van der Waals surface area contributed by atoms with Crippen molar-refractivity contribution in [3.63, 3.8) is 0 Å². The highest BCUT2D eigenvalue weighted by Gasteiger charge is 2.55. The third-order valence-electron chi connectivity index (χ3n) is 12.4. The van der Waals surface area contributed by atoms with Crippen LogP contribution in [0.25, 0.3) is 0 Å². The lowest BCUT2D eigenvalue weighted by Gasteiger charge is -2.48. The van der Waals surface area contributed by atoms with Crippen molar-refractivity contribution in [1.82, 2.24) is 29.8 Å². The normalized spacial score (nSPS) is 23.8. The average molecular weight is 779 g/mol. The van der Waals surface area contributed by atoms with Gasteiger partial charge in [0.25, 0.3) is 17.7 Å². The van der Waals surface area contributed by atoms with E-state index in [-0.39, 0.29) is 30.5 Å². The Morgan fingerprint density at radius 3 is 2.42 bits per heavy atom. The molecule has 6 aliphatic rings. The van der Waals surface area contributed by atoms with Crippen LogP contribution in [0.5, 0.6) is 0 Å². The van der Waals surface area contributed by atoms with Gasteiger partial charge in [-0.1, -0.05) is 0 Å². The minimum atomic E-state index is -0.987. The van der Waals surface area contributed by atoms with Gasteiger partial charge in [-0.2, -0.15) is 5.10 Å². The SMILES string of the molecule is Cn1cc(Nc2cc(N3CCC[C@@H](N4CC5(CN(CC6CCN(c7ccc8c(c7)C(=O)N([C@H]7CCC(=O)NC7=O)C8=O)CC6)C5)OC4=O)C3)ccc2C(N)=O)cn1. The van der Waals surface area contributed by atoms with E-state index in [0.717, 1.165) is 73.8 Å². The van der Waals surface area contributed by atoms with Crippen LogP contribution in [-0.2, 0) is 21.4 Å². The fourth-order valence-corrected chi connectivity index (χ4v) is 9.52. The Hall–Kier alpha value is -5.97. The van der Waals surface area contributed by atoms with Gasteiger partial charge in [-0.05, 0) is 74.4 Å². The van der Waals surface area contributed by atoms with Crippen LogP contribution in [0.2, 0.25) is 0 Å². The second kappa shape index (κ2) is 14.2. The molecule has 5 fully saturated rings. The highest BCUT2D eigenvalue weighted by Crippen LogP contribution is 2.38. The number of aryl methyl sites for hydroxylation is 1. The van der Waals surface area contributed by atoms with Gasteiger partial charge in [0.1, 0.15) is 6.04 Å². The van der Waals surface area contributed by atoms with E-state index in [9.17, 15) is 28.8 Å². The van der Waals surface area contributed by atoms with Crippen molar-refractivity contribution in [2.75, 3.05) is 67.5 Å². The van der Waals surface area contributed by atoms with Crippen LogP contribution < -0.4 is 26.2 Å². The summed E-state index contributed by atoms with van der Waals surface area (Å²) in [5.74, 6) is -2.07. The van der Waals surface area contributed by atoms with Crippen molar-refractivity contribution in [3.05, 3.63) is 65.5 Å². The number of likely N-dealkylation sites (tertiary alicyclic amines) is 1. The molecule has 17 nitrogen and oxygen atoms in total. The molecule has 4 N–H and O–H groups in total. The van der Waals surface area contributed by atoms with E-state index in [1.807, 2.05) is 36.3 Å². The summed E-state index contributed by atoms with van der Waals surface area (Å²) in [7, 11) is 1.82. The number of amides is 6. The number of fused-ring (bicyclic) bond motifs is 1. The number of imide groups is 2. The number of primary amides is 1. The molecule has 1 aromatic heterocycles. The topological polar surface area (TPSA) is 196 Å². The molecule has 1 spiro atoms. The highest BCUT2D eigenvalue weighted by molar-refractivity contribution is 6.23. The van der Waals surface area contributed by atoms with Crippen molar-refractivity contribution >= 4 is 58.4 Å². The molecule has 0 aliphatic carbocycles. The highest BCUT2D eigenvalue weighted by atomic mass is 16.6. The van der Waals surface area contributed by atoms with E-state index in [2.05, 4.69) is 30.4 Å². The van der Waals surface area contributed by atoms with Crippen LogP contribution in [0.15, 0.2) is 48.8 Å². The van der Waals surface area contributed by atoms with Gasteiger partial charge in [-0.25, -0.2) is 4.79 Å². The number of nitrogens with one attached hydrogen (secondary N) is 2. The molecule has 7 heterocycles. The molecule has 0 radical (unpaired) electrons. The molecule has 57 heavy (non-hydrogen) atoms. The summed E-state index contributed by atoms with van der Waals surface area (Å²) in [6.45, 7) is 5.97.